The van der Waals surface area contributed by atoms with E-state index in [0.717, 1.165) is 12.0 Å². The number of aryl methyl sites for hydroxylation is 1. The summed E-state index contributed by atoms with van der Waals surface area (Å²) in [6, 6.07) is 9.84. The summed E-state index contributed by atoms with van der Waals surface area (Å²) >= 11 is 0. The van der Waals surface area contributed by atoms with E-state index in [-0.39, 0.29) is 5.78 Å². The van der Waals surface area contributed by atoms with Gasteiger partial charge in [0.1, 0.15) is 0 Å². The maximum atomic E-state index is 11.7. The summed E-state index contributed by atoms with van der Waals surface area (Å²) in [5.41, 5.74) is 1.57. The van der Waals surface area contributed by atoms with Crippen LogP contribution in [0.1, 0.15) is 25.8 Å². The minimum absolute atomic E-state index is 0.133. The molecule has 0 amide bonds. The van der Waals surface area contributed by atoms with E-state index in [1.807, 2.05) is 30.3 Å². The molecule has 96 valence electrons. The molecule has 0 radical (unpaired) electrons. The van der Waals surface area contributed by atoms with E-state index in [9.17, 15) is 9.59 Å². The zero-order chi connectivity index (χ0) is 13.4. The fourth-order valence-corrected chi connectivity index (χ4v) is 1.63. The van der Waals surface area contributed by atoms with Gasteiger partial charge in [0.05, 0.1) is 6.61 Å². The van der Waals surface area contributed by atoms with Crippen LogP contribution in [0.25, 0.3) is 0 Å². The number of carbonyl (C=O) groups excluding carboxylic acids is 2. The fourth-order valence-electron chi connectivity index (χ4n) is 1.63. The molecule has 0 fully saturated rings. The molecule has 0 aliphatic heterocycles. The molecule has 0 aliphatic carbocycles. The standard InChI is InChI=1S/C15H18O3/c1-3-18-15(17)14(11-12(2)16)10-9-13-7-5-4-6-8-13/h4-8,11H,3,9-10H2,1-2H3/b14-11+. The van der Waals surface area contributed by atoms with Gasteiger partial charge in [0.25, 0.3) is 0 Å². The van der Waals surface area contributed by atoms with Gasteiger partial charge in [0, 0.05) is 5.57 Å². The summed E-state index contributed by atoms with van der Waals surface area (Å²) < 4.78 is 4.93. The molecule has 1 aromatic rings. The molecule has 0 aliphatic rings. The van der Waals surface area contributed by atoms with E-state index in [2.05, 4.69) is 0 Å². The first-order valence-corrected chi connectivity index (χ1v) is 6.05. The lowest BCUT2D eigenvalue weighted by atomic mass is 10.0. The molecule has 0 saturated heterocycles. The van der Waals surface area contributed by atoms with Gasteiger partial charge >= 0.3 is 5.97 Å². The van der Waals surface area contributed by atoms with Crippen LogP contribution >= 0.6 is 0 Å². The van der Waals surface area contributed by atoms with Crippen molar-refractivity contribution in [3.05, 3.63) is 47.5 Å². The molecule has 0 spiro atoms. The van der Waals surface area contributed by atoms with Gasteiger partial charge in [-0.15, -0.1) is 0 Å². The summed E-state index contributed by atoms with van der Waals surface area (Å²) in [4.78, 5) is 22.7. The number of ether oxygens (including phenoxy) is 1. The summed E-state index contributed by atoms with van der Waals surface area (Å²) in [6.45, 7) is 3.50. The molecule has 18 heavy (non-hydrogen) atoms. The Balaban J connectivity index is 2.68. The fraction of sp³-hybridized carbons (Fsp3) is 0.333. The molecule has 0 aromatic heterocycles. The van der Waals surface area contributed by atoms with E-state index in [0.29, 0.717) is 18.6 Å². The van der Waals surface area contributed by atoms with Crippen molar-refractivity contribution in [3.63, 3.8) is 0 Å². The quantitative estimate of drug-likeness (QED) is 0.572. The largest absolute Gasteiger partial charge is 0.463 e. The summed E-state index contributed by atoms with van der Waals surface area (Å²) in [6.07, 6.45) is 2.60. The lowest BCUT2D eigenvalue weighted by Crippen LogP contribution is -2.10. The average Bonchev–Trinajstić information content (AvgIpc) is 2.35. The predicted octanol–water partition coefficient (Wildman–Crippen LogP) is 2.70. The Hall–Kier alpha value is -1.90. The topological polar surface area (TPSA) is 43.4 Å². The smallest absolute Gasteiger partial charge is 0.334 e. The van der Waals surface area contributed by atoms with Crippen molar-refractivity contribution in [2.24, 2.45) is 0 Å². The number of hydrogen-bond donors (Lipinski definition) is 0. The highest BCUT2D eigenvalue weighted by Gasteiger charge is 2.11. The number of carbonyl (C=O) groups is 2. The van der Waals surface area contributed by atoms with Gasteiger partial charge in [-0.1, -0.05) is 30.3 Å². The van der Waals surface area contributed by atoms with Crippen LogP contribution in [0.5, 0.6) is 0 Å². The number of rotatable bonds is 6. The third-order valence-electron chi connectivity index (χ3n) is 2.44. The maximum Gasteiger partial charge on any atom is 0.334 e. The highest BCUT2D eigenvalue weighted by atomic mass is 16.5. The van der Waals surface area contributed by atoms with Crippen LogP contribution in [0.4, 0.5) is 0 Å². The van der Waals surface area contributed by atoms with Crippen molar-refractivity contribution in [1.82, 2.24) is 0 Å². The molecule has 0 N–H and O–H groups in total. The number of benzene rings is 1. The Bertz CT molecular complexity index is 432. The average molecular weight is 246 g/mol. The second kappa shape index (κ2) is 7.43. The Morgan fingerprint density at radius 2 is 1.89 bits per heavy atom. The van der Waals surface area contributed by atoms with Crippen LogP contribution in [0, 0.1) is 0 Å². The van der Waals surface area contributed by atoms with Crippen LogP contribution in [0.3, 0.4) is 0 Å². The number of hydrogen-bond acceptors (Lipinski definition) is 3. The van der Waals surface area contributed by atoms with Crippen LogP contribution in [-0.2, 0) is 20.7 Å². The first-order valence-electron chi connectivity index (χ1n) is 6.05. The van der Waals surface area contributed by atoms with Gasteiger partial charge in [0.15, 0.2) is 5.78 Å². The minimum atomic E-state index is -0.399. The molecule has 0 unspecified atom stereocenters. The third kappa shape index (κ3) is 4.95. The first kappa shape index (κ1) is 14.2. The summed E-state index contributed by atoms with van der Waals surface area (Å²) in [5.74, 6) is -0.533. The molecule has 0 atom stereocenters. The van der Waals surface area contributed by atoms with E-state index >= 15 is 0 Å². The van der Waals surface area contributed by atoms with Gasteiger partial charge in [-0.3, -0.25) is 4.79 Å². The molecule has 3 nitrogen and oxygen atoms in total. The highest BCUT2D eigenvalue weighted by Crippen LogP contribution is 2.11. The summed E-state index contributed by atoms with van der Waals surface area (Å²) in [7, 11) is 0. The SMILES string of the molecule is CCOC(=O)/C(=C/C(C)=O)CCc1ccccc1. The van der Waals surface area contributed by atoms with E-state index in [1.54, 1.807) is 6.92 Å². The Morgan fingerprint density at radius 1 is 1.22 bits per heavy atom. The van der Waals surface area contributed by atoms with Crippen molar-refractivity contribution >= 4 is 11.8 Å². The molecular weight excluding hydrogens is 228 g/mol. The Morgan fingerprint density at radius 3 is 2.44 bits per heavy atom. The Kier molecular flexibility index (Phi) is 5.85. The number of ketones is 1. The zero-order valence-electron chi connectivity index (χ0n) is 10.8. The maximum absolute atomic E-state index is 11.7. The third-order valence-corrected chi connectivity index (χ3v) is 2.44. The van der Waals surface area contributed by atoms with Crippen molar-refractivity contribution < 1.29 is 14.3 Å². The molecule has 0 bridgehead atoms. The molecule has 1 rings (SSSR count). The monoisotopic (exact) mass is 246 g/mol. The van der Waals surface area contributed by atoms with Crippen LogP contribution in [0.15, 0.2) is 42.0 Å². The van der Waals surface area contributed by atoms with Gasteiger partial charge in [0.2, 0.25) is 0 Å². The zero-order valence-corrected chi connectivity index (χ0v) is 10.8. The summed E-state index contributed by atoms with van der Waals surface area (Å²) in [5, 5.41) is 0. The van der Waals surface area contributed by atoms with Crippen LogP contribution in [-0.4, -0.2) is 18.4 Å². The molecule has 0 heterocycles. The van der Waals surface area contributed by atoms with Crippen molar-refractivity contribution in [2.75, 3.05) is 6.61 Å². The van der Waals surface area contributed by atoms with Crippen molar-refractivity contribution in [1.29, 1.82) is 0 Å². The Labute approximate surface area is 107 Å². The number of allylic oxidation sites excluding steroid dienone is 1. The van der Waals surface area contributed by atoms with Gasteiger partial charge in [-0.2, -0.15) is 0 Å². The lowest BCUT2D eigenvalue weighted by Gasteiger charge is -2.06. The molecule has 0 saturated carbocycles. The van der Waals surface area contributed by atoms with Crippen LogP contribution in [0.2, 0.25) is 0 Å². The second-order valence-electron chi connectivity index (χ2n) is 3.99. The van der Waals surface area contributed by atoms with E-state index in [1.165, 1.54) is 13.0 Å². The van der Waals surface area contributed by atoms with Crippen LogP contribution < -0.4 is 0 Å². The predicted molar refractivity (Wildman–Crippen MR) is 70.2 cm³/mol. The van der Waals surface area contributed by atoms with E-state index < -0.39 is 5.97 Å². The first-order chi connectivity index (χ1) is 8.63. The second-order valence-corrected chi connectivity index (χ2v) is 3.99. The van der Waals surface area contributed by atoms with Crippen molar-refractivity contribution in [2.45, 2.75) is 26.7 Å². The van der Waals surface area contributed by atoms with Crippen molar-refractivity contribution in [3.8, 4) is 0 Å². The number of esters is 1. The molecule has 3 heteroatoms. The highest BCUT2D eigenvalue weighted by molar-refractivity contribution is 5.98. The van der Waals surface area contributed by atoms with Gasteiger partial charge in [-0.25, -0.2) is 4.79 Å². The van der Waals surface area contributed by atoms with Gasteiger partial charge in [-0.05, 0) is 38.3 Å². The normalized spacial score (nSPS) is 11.1. The minimum Gasteiger partial charge on any atom is -0.463 e. The van der Waals surface area contributed by atoms with E-state index in [4.69, 9.17) is 4.74 Å². The molecule has 1 aromatic carbocycles. The van der Waals surface area contributed by atoms with Gasteiger partial charge < -0.3 is 4.74 Å². The molecular formula is C15H18O3. The lowest BCUT2D eigenvalue weighted by molar-refractivity contribution is -0.138.